The highest BCUT2D eigenvalue weighted by molar-refractivity contribution is 7.14. The number of nitrogens with two attached hydrogens (primary N) is 1. The monoisotopic (exact) mass is 461 g/mol. The number of aromatic nitrogens is 1. The van der Waals surface area contributed by atoms with Crippen molar-refractivity contribution in [2.75, 3.05) is 11.1 Å². The Kier molecular flexibility index (Phi) is 5.51. The fraction of sp³-hybridized carbons (Fsp3) is 0.0455. The van der Waals surface area contributed by atoms with Gasteiger partial charge in [-0.2, -0.15) is 13.2 Å². The summed E-state index contributed by atoms with van der Waals surface area (Å²) < 4.78 is 38.2. The zero-order valence-corrected chi connectivity index (χ0v) is 17.3. The predicted molar refractivity (Wildman–Crippen MR) is 119 cm³/mol. The Morgan fingerprint density at radius 2 is 1.61 bits per heavy atom. The third-order valence-electron chi connectivity index (χ3n) is 4.56. The number of aromatic hydroxyl groups is 1. The highest BCUT2D eigenvalue weighted by Gasteiger charge is 2.30. The van der Waals surface area contributed by atoms with E-state index < -0.39 is 11.7 Å². The Labute approximate surface area is 184 Å². The summed E-state index contributed by atoms with van der Waals surface area (Å²) in [5.74, 6) is 0.0243. The highest BCUT2D eigenvalue weighted by atomic mass is 35.5. The van der Waals surface area contributed by atoms with E-state index in [9.17, 15) is 18.3 Å². The summed E-state index contributed by atoms with van der Waals surface area (Å²) >= 11 is 7.66. The quantitative estimate of drug-likeness (QED) is 0.281. The van der Waals surface area contributed by atoms with Gasteiger partial charge in [0.15, 0.2) is 5.13 Å². The van der Waals surface area contributed by atoms with Gasteiger partial charge in [0.25, 0.3) is 0 Å². The van der Waals surface area contributed by atoms with Crippen molar-refractivity contribution in [2.45, 2.75) is 6.18 Å². The predicted octanol–water partition coefficient (Wildman–Crippen LogP) is 7.18. The van der Waals surface area contributed by atoms with Crippen LogP contribution in [0.15, 0.2) is 66.0 Å². The lowest BCUT2D eigenvalue weighted by atomic mass is 10.0. The second kappa shape index (κ2) is 8.13. The summed E-state index contributed by atoms with van der Waals surface area (Å²) in [5, 5.41) is 16.1. The van der Waals surface area contributed by atoms with Gasteiger partial charge in [-0.05, 0) is 35.9 Å². The number of rotatable bonds is 4. The van der Waals surface area contributed by atoms with Crippen molar-refractivity contribution in [1.29, 1.82) is 0 Å². The van der Waals surface area contributed by atoms with Gasteiger partial charge in [0.05, 0.1) is 22.0 Å². The molecule has 4 aromatic rings. The topological polar surface area (TPSA) is 71.2 Å². The van der Waals surface area contributed by atoms with Gasteiger partial charge in [-0.1, -0.05) is 35.9 Å². The molecule has 4 N–H and O–H groups in total. The summed E-state index contributed by atoms with van der Waals surface area (Å²) in [6.45, 7) is 0. The largest absolute Gasteiger partial charge is 0.507 e. The Bertz CT molecular complexity index is 1220. The van der Waals surface area contributed by atoms with Crippen LogP contribution in [-0.4, -0.2) is 10.1 Å². The van der Waals surface area contributed by atoms with E-state index in [0.717, 1.165) is 17.7 Å². The van der Waals surface area contributed by atoms with Crippen LogP contribution in [-0.2, 0) is 6.18 Å². The molecule has 1 aromatic heterocycles. The maximum absolute atomic E-state index is 12.7. The first-order chi connectivity index (χ1) is 14.7. The molecule has 0 atom stereocenters. The van der Waals surface area contributed by atoms with Crippen LogP contribution in [0.25, 0.3) is 22.4 Å². The number of halogens is 4. The zero-order chi connectivity index (χ0) is 22.2. The first-order valence-corrected chi connectivity index (χ1v) is 10.2. The average molecular weight is 462 g/mol. The average Bonchev–Trinajstić information content (AvgIpc) is 3.19. The molecule has 0 amide bonds. The Morgan fingerprint density at radius 3 is 2.26 bits per heavy atom. The minimum Gasteiger partial charge on any atom is -0.507 e. The zero-order valence-electron chi connectivity index (χ0n) is 15.7. The van der Waals surface area contributed by atoms with Crippen LogP contribution >= 0.6 is 22.9 Å². The third kappa shape index (κ3) is 4.60. The fourth-order valence-electron chi connectivity index (χ4n) is 2.96. The van der Waals surface area contributed by atoms with Crippen molar-refractivity contribution < 1.29 is 18.3 Å². The summed E-state index contributed by atoms with van der Waals surface area (Å²) in [6.07, 6.45) is -4.38. The van der Waals surface area contributed by atoms with Crippen molar-refractivity contribution in [1.82, 2.24) is 4.98 Å². The van der Waals surface area contributed by atoms with E-state index in [1.54, 1.807) is 35.7 Å². The minimum absolute atomic E-state index is 0.0243. The fourth-order valence-corrected chi connectivity index (χ4v) is 3.90. The molecule has 0 unspecified atom stereocenters. The van der Waals surface area contributed by atoms with Gasteiger partial charge in [0.2, 0.25) is 0 Å². The summed E-state index contributed by atoms with van der Waals surface area (Å²) in [5.41, 5.74) is 8.45. The normalized spacial score (nSPS) is 11.5. The van der Waals surface area contributed by atoms with Gasteiger partial charge in [-0.15, -0.1) is 11.3 Å². The van der Waals surface area contributed by atoms with Crippen molar-refractivity contribution >= 4 is 39.4 Å². The highest BCUT2D eigenvalue weighted by Crippen LogP contribution is 2.39. The van der Waals surface area contributed by atoms with Gasteiger partial charge < -0.3 is 16.2 Å². The third-order valence-corrected chi connectivity index (χ3v) is 5.63. The van der Waals surface area contributed by atoms with Gasteiger partial charge >= 0.3 is 6.18 Å². The molecule has 0 aliphatic heterocycles. The van der Waals surface area contributed by atoms with Crippen LogP contribution in [0.3, 0.4) is 0 Å². The van der Waals surface area contributed by atoms with E-state index >= 15 is 0 Å². The van der Waals surface area contributed by atoms with Crippen molar-refractivity contribution in [2.24, 2.45) is 0 Å². The maximum atomic E-state index is 12.7. The second-order valence-corrected chi connectivity index (χ2v) is 7.97. The van der Waals surface area contributed by atoms with E-state index in [0.29, 0.717) is 38.3 Å². The number of hydrogen-bond donors (Lipinski definition) is 3. The molecule has 0 fully saturated rings. The van der Waals surface area contributed by atoms with Crippen LogP contribution in [0, 0.1) is 0 Å². The molecule has 9 heteroatoms. The molecule has 158 valence electrons. The molecule has 0 radical (unpaired) electrons. The Balaban J connectivity index is 1.56. The molecular weight excluding hydrogens is 447 g/mol. The molecule has 0 saturated carbocycles. The van der Waals surface area contributed by atoms with Crippen LogP contribution in [0.4, 0.5) is 29.7 Å². The van der Waals surface area contributed by atoms with Crippen LogP contribution < -0.4 is 11.1 Å². The molecule has 0 saturated heterocycles. The van der Waals surface area contributed by atoms with Crippen molar-refractivity contribution in [3.63, 3.8) is 0 Å². The van der Waals surface area contributed by atoms with Crippen molar-refractivity contribution in [3.8, 4) is 28.1 Å². The van der Waals surface area contributed by atoms with E-state index in [2.05, 4.69) is 10.3 Å². The number of nitrogens with zero attached hydrogens (tertiary/aromatic N) is 1. The maximum Gasteiger partial charge on any atom is 0.416 e. The van der Waals surface area contributed by atoms with Crippen LogP contribution in [0.1, 0.15) is 5.56 Å². The van der Waals surface area contributed by atoms with Gasteiger partial charge in [-0.3, -0.25) is 0 Å². The molecule has 31 heavy (non-hydrogen) atoms. The molecule has 0 aliphatic rings. The molecule has 0 spiro atoms. The molecule has 1 heterocycles. The van der Waals surface area contributed by atoms with Crippen molar-refractivity contribution in [3.05, 3.63) is 76.6 Å². The first-order valence-electron chi connectivity index (χ1n) is 8.99. The molecule has 0 aliphatic carbocycles. The number of phenols is 1. The Morgan fingerprint density at radius 1 is 0.968 bits per heavy atom. The lowest BCUT2D eigenvalue weighted by Gasteiger charge is -2.11. The molecule has 4 rings (SSSR count). The molecule has 4 nitrogen and oxygen atoms in total. The van der Waals surface area contributed by atoms with Crippen LogP contribution in [0.5, 0.6) is 5.75 Å². The Hall–Kier alpha value is -3.23. The number of thiazole rings is 1. The molecule has 0 bridgehead atoms. The van der Waals surface area contributed by atoms with Gasteiger partial charge in [-0.25, -0.2) is 4.98 Å². The lowest BCUT2D eigenvalue weighted by Crippen LogP contribution is -2.03. The number of alkyl halides is 3. The standard InChI is InChI=1S/C22H15ClF3N3OS/c23-17-9-16(12-3-7-15(27)8-4-12)20(30)10-18(17)28-21-29-19(11-31-21)13-1-5-14(6-2-13)22(24,25)26/h1-11,30H,27H2,(H,28,29). The van der Waals surface area contributed by atoms with E-state index in [4.69, 9.17) is 17.3 Å². The molecular formula is C22H15ClF3N3OS. The van der Waals surface area contributed by atoms with E-state index in [1.165, 1.54) is 29.5 Å². The van der Waals surface area contributed by atoms with Gasteiger partial charge in [0, 0.05) is 28.3 Å². The summed E-state index contributed by atoms with van der Waals surface area (Å²) in [6, 6.07) is 14.9. The number of hydrogen-bond acceptors (Lipinski definition) is 5. The van der Waals surface area contributed by atoms with Gasteiger partial charge in [0.1, 0.15) is 5.75 Å². The lowest BCUT2D eigenvalue weighted by molar-refractivity contribution is -0.137. The second-order valence-electron chi connectivity index (χ2n) is 6.71. The van der Waals surface area contributed by atoms with E-state index in [-0.39, 0.29) is 5.75 Å². The number of nitrogens with one attached hydrogen (secondary N) is 1. The smallest absolute Gasteiger partial charge is 0.416 e. The SMILES string of the molecule is Nc1ccc(-c2cc(Cl)c(Nc3nc(-c4ccc(C(F)(F)F)cc4)cs3)cc2O)cc1. The van der Waals surface area contributed by atoms with E-state index in [1.807, 2.05) is 0 Å². The first kappa shape index (κ1) is 21.0. The minimum atomic E-state index is -4.38. The van der Waals surface area contributed by atoms with Crippen LogP contribution in [0.2, 0.25) is 5.02 Å². The number of phenolic OH excluding ortho intramolecular Hbond substituents is 1. The summed E-state index contributed by atoms with van der Waals surface area (Å²) in [4.78, 5) is 4.40. The number of nitrogen functional groups attached to an aromatic ring is 1. The number of benzene rings is 3. The number of anilines is 3. The molecule has 3 aromatic carbocycles. The summed E-state index contributed by atoms with van der Waals surface area (Å²) in [7, 11) is 0.